The topological polar surface area (TPSA) is 71.1 Å². The molecule has 7 heteroatoms. The van der Waals surface area contributed by atoms with Crippen LogP contribution in [-0.2, 0) is 10.5 Å². The van der Waals surface area contributed by atoms with E-state index in [1.54, 1.807) is 0 Å². The Labute approximate surface area is 168 Å². The zero-order valence-corrected chi connectivity index (χ0v) is 16.4. The Hall–Kier alpha value is -2.64. The van der Waals surface area contributed by atoms with Crippen molar-refractivity contribution >= 4 is 17.7 Å². The van der Waals surface area contributed by atoms with Gasteiger partial charge >= 0.3 is 0 Å². The number of thioether (sulfide) groups is 1. The molecule has 144 valence electrons. The number of amides is 1. The van der Waals surface area contributed by atoms with Crippen molar-refractivity contribution in [3.63, 3.8) is 0 Å². The van der Waals surface area contributed by atoms with Crippen LogP contribution in [0, 0.1) is 0 Å². The van der Waals surface area contributed by atoms with Crippen LogP contribution < -0.4 is 0 Å². The Bertz CT molecular complexity index is 917. The van der Waals surface area contributed by atoms with Crippen LogP contribution in [0.4, 0.5) is 0 Å². The number of carbonyl (C=O) groups is 1. The van der Waals surface area contributed by atoms with Gasteiger partial charge in [0.15, 0.2) is 5.16 Å². The van der Waals surface area contributed by atoms with Crippen LogP contribution in [0.15, 0.2) is 66.1 Å². The number of morpholine rings is 1. The average molecular weight is 395 g/mol. The molecule has 1 aromatic heterocycles. The number of hydrogen-bond donors (Lipinski definition) is 1. The summed E-state index contributed by atoms with van der Waals surface area (Å²) in [6.45, 7) is 3.16. The minimum Gasteiger partial charge on any atom is -0.367 e. The molecule has 6 nitrogen and oxygen atoms in total. The first-order valence-corrected chi connectivity index (χ1v) is 10.2. The van der Waals surface area contributed by atoms with Gasteiger partial charge < -0.3 is 9.64 Å². The Kier molecular flexibility index (Phi) is 5.73. The second kappa shape index (κ2) is 8.58. The lowest BCUT2D eigenvalue weighted by Gasteiger charge is -2.37. The summed E-state index contributed by atoms with van der Waals surface area (Å²) in [4.78, 5) is 19.4. The lowest BCUT2D eigenvalue weighted by atomic mass is 10.0. The molecule has 4 rings (SSSR count). The Morgan fingerprint density at radius 2 is 1.96 bits per heavy atom. The first-order valence-electron chi connectivity index (χ1n) is 9.26. The predicted octanol–water partition coefficient (Wildman–Crippen LogP) is 3.70. The van der Waals surface area contributed by atoms with E-state index in [1.807, 2.05) is 66.4 Å². The number of benzene rings is 2. The quantitative estimate of drug-likeness (QED) is 0.668. The van der Waals surface area contributed by atoms with Gasteiger partial charge in [0.25, 0.3) is 5.91 Å². The van der Waals surface area contributed by atoms with E-state index >= 15 is 0 Å². The van der Waals surface area contributed by atoms with Gasteiger partial charge in [0, 0.05) is 17.9 Å². The smallest absolute Gasteiger partial charge is 0.254 e. The van der Waals surface area contributed by atoms with E-state index in [0.29, 0.717) is 18.8 Å². The molecule has 1 N–H and O–H groups in total. The first-order chi connectivity index (χ1) is 13.7. The number of aromatic nitrogens is 3. The van der Waals surface area contributed by atoms with E-state index < -0.39 is 0 Å². The molecule has 1 saturated heterocycles. The number of carbonyl (C=O) groups excluding carboxylic acids is 1. The Balaban J connectivity index is 1.52. The third-order valence-corrected chi connectivity index (χ3v) is 5.65. The molecule has 1 amide bonds. The van der Waals surface area contributed by atoms with Crippen molar-refractivity contribution in [2.24, 2.45) is 0 Å². The fourth-order valence-corrected chi connectivity index (χ4v) is 4.19. The zero-order valence-electron chi connectivity index (χ0n) is 15.6. The molecule has 0 bridgehead atoms. The second-order valence-electron chi connectivity index (χ2n) is 6.79. The maximum atomic E-state index is 13.3. The molecule has 3 aromatic rings. The standard InChI is InChI=1S/C21H22N4O2S/c1-15-11-25(12-19(27-15)16-7-3-2-4-8-16)20(26)18-10-6-5-9-17(18)13-28-21-22-14-23-24-21/h2-10,14-15,19H,11-13H2,1H3,(H,22,23,24). The number of rotatable bonds is 5. The van der Waals surface area contributed by atoms with Crippen molar-refractivity contribution in [3.8, 4) is 0 Å². The van der Waals surface area contributed by atoms with Gasteiger partial charge in [0.1, 0.15) is 12.4 Å². The molecular weight excluding hydrogens is 372 g/mol. The minimum atomic E-state index is -0.107. The van der Waals surface area contributed by atoms with Crippen molar-refractivity contribution in [3.05, 3.63) is 77.6 Å². The summed E-state index contributed by atoms with van der Waals surface area (Å²) < 4.78 is 6.10. The van der Waals surface area contributed by atoms with Gasteiger partial charge in [0.05, 0.1) is 12.6 Å². The third-order valence-electron chi connectivity index (χ3n) is 4.72. The van der Waals surface area contributed by atoms with Crippen LogP contribution in [0.5, 0.6) is 0 Å². The highest BCUT2D eigenvalue weighted by molar-refractivity contribution is 7.98. The monoisotopic (exact) mass is 394 g/mol. The molecule has 0 spiro atoms. The first kappa shape index (κ1) is 18.7. The van der Waals surface area contributed by atoms with Crippen molar-refractivity contribution < 1.29 is 9.53 Å². The normalized spacial score (nSPS) is 19.5. The molecule has 0 radical (unpaired) electrons. The Morgan fingerprint density at radius 3 is 2.75 bits per heavy atom. The van der Waals surface area contributed by atoms with Crippen LogP contribution in [0.1, 0.15) is 34.5 Å². The number of aromatic amines is 1. The van der Waals surface area contributed by atoms with Crippen molar-refractivity contribution in [2.75, 3.05) is 13.1 Å². The average Bonchev–Trinajstić information content (AvgIpc) is 3.26. The molecule has 1 aliphatic heterocycles. The number of hydrogen-bond acceptors (Lipinski definition) is 5. The van der Waals surface area contributed by atoms with Crippen LogP contribution in [-0.4, -0.2) is 45.2 Å². The predicted molar refractivity (Wildman–Crippen MR) is 108 cm³/mol. The summed E-state index contributed by atoms with van der Waals surface area (Å²) in [7, 11) is 0. The number of H-pyrrole nitrogens is 1. The molecule has 2 atom stereocenters. The van der Waals surface area contributed by atoms with Crippen LogP contribution >= 0.6 is 11.8 Å². The Morgan fingerprint density at radius 1 is 1.18 bits per heavy atom. The summed E-state index contributed by atoms with van der Waals surface area (Å²) in [5.41, 5.74) is 2.82. The van der Waals surface area contributed by atoms with Crippen LogP contribution in [0.25, 0.3) is 0 Å². The maximum Gasteiger partial charge on any atom is 0.254 e. The minimum absolute atomic E-state index is 0.0152. The molecule has 2 aromatic carbocycles. The second-order valence-corrected chi connectivity index (χ2v) is 7.76. The molecule has 0 aliphatic carbocycles. The number of ether oxygens (including phenoxy) is 1. The highest BCUT2D eigenvalue weighted by atomic mass is 32.2. The van der Waals surface area contributed by atoms with E-state index in [-0.39, 0.29) is 18.1 Å². The van der Waals surface area contributed by atoms with Crippen molar-refractivity contribution in [1.82, 2.24) is 20.1 Å². The molecule has 1 fully saturated rings. The summed E-state index contributed by atoms with van der Waals surface area (Å²) in [6.07, 6.45) is 1.36. The third kappa shape index (κ3) is 4.26. The highest BCUT2D eigenvalue weighted by Crippen LogP contribution is 2.28. The van der Waals surface area contributed by atoms with E-state index in [0.717, 1.165) is 21.8 Å². The van der Waals surface area contributed by atoms with Gasteiger partial charge in [-0.3, -0.25) is 9.89 Å². The van der Waals surface area contributed by atoms with Crippen LogP contribution in [0.3, 0.4) is 0 Å². The van der Waals surface area contributed by atoms with Crippen LogP contribution in [0.2, 0.25) is 0 Å². The zero-order chi connectivity index (χ0) is 19.3. The largest absolute Gasteiger partial charge is 0.367 e. The lowest BCUT2D eigenvalue weighted by Crippen LogP contribution is -2.46. The fraction of sp³-hybridized carbons (Fsp3) is 0.286. The van der Waals surface area contributed by atoms with Crippen molar-refractivity contribution in [1.29, 1.82) is 0 Å². The summed E-state index contributed by atoms with van der Waals surface area (Å²) in [6, 6.07) is 17.9. The fourth-order valence-electron chi connectivity index (χ4n) is 3.40. The van der Waals surface area contributed by atoms with E-state index in [4.69, 9.17) is 4.74 Å². The van der Waals surface area contributed by atoms with Gasteiger partial charge in [-0.15, -0.1) is 0 Å². The molecule has 2 unspecified atom stereocenters. The van der Waals surface area contributed by atoms with Gasteiger partial charge in [0.2, 0.25) is 0 Å². The number of nitrogens with zero attached hydrogens (tertiary/aromatic N) is 3. The maximum absolute atomic E-state index is 13.3. The lowest BCUT2D eigenvalue weighted by molar-refractivity contribution is -0.0691. The molecule has 28 heavy (non-hydrogen) atoms. The number of nitrogens with one attached hydrogen (secondary N) is 1. The molecule has 0 saturated carbocycles. The molecule has 1 aliphatic rings. The summed E-state index contributed by atoms with van der Waals surface area (Å²) >= 11 is 1.53. The van der Waals surface area contributed by atoms with E-state index in [1.165, 1.54) is 18.1 Å². The highest BCUT2D eigenvalue weighted by Gasteiger charge is 2.30. The van der Waals surface area contributed by atoms with Gasteiger partial charge in [-0.2, -0.15) is 5.10 Å². The van der Waals surface area contributed by atoms with E-state index in [2.05, 4.69) is 15.2 Å². The van der Waals surface area contributed by atoms with Gasteiger partial charge in [-0.1, -0.05) is 60.3 Å². The molecule has 2 heterocycles. The molecular formula is C21H22N4O2S. The SMILES string of the molecule is CC1CN(C(=O)c2ccccc2CSc2ncn[nH]2)CC(c2ccccc2)O1. The van der Waals surface area contributed by atoms with Gasteiger partial charge in [-0.05, 0) is 24.1 Å². The van der Waals surface area contributed by atoms with E-state index in [9.17, 15) is 4.79 Å². The summed E-state index contributed by atoms with van der Waals surface area (Å²) in [5, 5.41) is 7.45. The summed E-state index contributed by atoms with van der Waals surface area (Å²) in [5.74, 6) is 0.698. The van der Waals surface area contributed by atoms with Crippen molar-refractivity contribution in [2.45, 2.75) is 30.0 Å². The van der Waals surface area contributed by atoms with Gasteiger partial charge in [-0.25, -0.2) is 4.98 Å².